The standard InChI is InChI=1S/C2H5IO.2CHNO/c1-2(3)4;2*2-1-3/h2,4H,1H3;2*2H. The highest BCUT2D eigenvalue weighted by Gasteiger charge is 1.72. The Hall–Kier alpha value is -0.550. The third-order valence-electron chi connectivity index (χ3n) is 0. The molecule has 1 atom stereocenters. The normalized spacial score (nSPS) is 7.90. The van der Waals surface area contributed by atoms with Crippen LogP contribution in [-0.4, -0.2) is 21.4 Å². The van der Waals surface area contributed by atoms with Crippen molar-refractivity contribution in [3.8, 4) is 0 Å². The Morgan fingerprint density at radius 2 is 1.40 bits per heavy atom. The van der Waals surface area contributed by atoms with E-state index < -0.39 is 0 Å². The summed E-state index contributed by atoms with van der Waals surface area (Å²) in [5.74, 6) is 0. The van der Waals surface area contributed by atoms with E-state index in [0.29, 0.717) is 0 Å². The number of nitrogens with one attached hydrogen (secondary N) is 2. The second kappa shape index (κ2) is 23.7. The highest BCUT2D eigenvalue weighted by atomic mass is 127. The van der Waals surface area contributed by atoms with Gasteiger partial charge in [-0.1, -0.05) is 22.6 Å². The molecule has 0 aromatic heterocycles. The number of halogens is 1. The molecule has 0 fully saturated rings. The molecule has 58 valence electrons. The Balaban J connectivity index is -0.0000000750. The Morgan fingerprint density at radius 1 is 1.40 bits per heavy atom. The van der Waals surface area contributed by atoms with Crippen molar-refractivity contribution in [1.82, 2.24) is 0 Å². The van der Waals surface area contributed by atoms with Gasteiger partial charge < -0.3 is 5.11 Å². The van der Waals surface area contributed by atoms with E-state index in [9.17, 15) is 0 Å². The van der Waals surface area contributed by atoms with Crippen molar-refractivity contribution in [1.29, 1.82) is 10.8 Å². The average molecular weight is 258 g/mol. The fourth-order valence-corrected chi connectivity index (χ4v) is 0. The molecule has 10 heavy (non-hydrogen) atoms. The van der Waals surface area contributed by atoms with E-state index in [1.54, 1.807) is 6.92 Å². The number of aliphatic hydroxyl groups is 1. The fraction of sp³-hybridized carbons (Fsp3) is 0.500. The molecular formula is C4H7IN2O3. The van der Waals surface area contributed by atoms with E-state index in [-0.39, 0.29) is 4.11 Å². The molecule has 0 rings (SSSR count). The second-order valence-electron chi connectivity index (χ2n) is 0.778. The highest BCUT2D eigenvalue weighted by Crippen LogP contribution is 1.86. The van der Waals surface area contributed by atoms with Crippen molar-refractivity contribution in [3.05, 3.63) is 0 Å². The molecule has 0 aliphatic heterocycles. The SMILES string of the molecule is CC(O)I.N=C=O.N=C=O. The van der Waals surface area contributed by atoms with Gasteiger partial charge in [0.1, 0.15) is 4.11 Å². The molecule has 1 unspecified atom stereocenters. The molecular weight excluding hydrogens is 251 g/mol. The summed E-state index contributed by atoms with van der Waals surface area (Å²) in [5, 5.41) is 18.8. The monoisotopic (exact) mass is 258 g/mol. The van der Waals surface area contributed by atoms with Gasteiger partial charge in [-0.3, -0.25) is 0 Å². The average Bonchev–Trinajstić information content (AvgIpc) is 1.65. The minimum absolute atomic E-state index is 0.197. The van der Waals surface area contributed by atoms with Crippen LogP contribution in [0.3, 0.4) is 0 Å². The molecule has 3 N–H and O–H groups in total. The minimum Gasteiger partial charge on any atom is -0.383 e. The number of alkyl halides is 1. The smallest absolute Gasteiger partial charge is 0.231 e. The fourth-order valence-electron chi connectivity index (χ4n) is 0. The van der Waals surface area contributed by atoms with Crippen LogP contribution in [0, 0.1) is 10.8 Å². The van der Waals surface area contributed by atoms with Crippen molar-refractivity contribution >= 4 is 34.8 Å². The van der Waals surface area contributed by atoms with Crippen molar-refractivity contribution in [2.45, 2.75) is 11.0 Å². The van der Waals surface area contributed by atoms with Crippen LogP contribution < -0.4 is 0 Å². The van der Waals surface area contributed by atoms with Crippen LogP contribution in [0.25, 0.3) is 0 Å². The first-order chi connectivity index (χ1) is 4.56. The molecule has 0 saturated carbocycles. The lowest BCUT2D eigenvalue weighted by Crippen LogP contribution is -1.77. The lowest BCUT2D eigenvalue weighted by Gasteiger charge is -1.77. The number of hydrogen-bond donors (Lipinski definition) is 3. The van der Waals surface area contributed by atoms with Gasteiger partial charge in [-0.05, 0) is 6.92 Å². The maximum atomic E-state index is 8.35. The van der Waals surface area contributed by atoms with E-state index in [1.807, 2.05) is 22.6 Å². The number of isocyanates is 2. The number of carbonyl (C=O) groups excluding carboxylic acids is 2. The van der Waals surface area contributed by atoms with Gasteiger partial charge in [-0.15, -0.1) is 0 Å². The van der Waals surface area contributed by atoms with Crippen molar-refractivity contribution in [2.75, 3.05) is 0 Å². The molecule has 0 spiro atoms. The summed E-state index contributed by atoms with van der Waals surface area (Å²) in [6.07, 6.45) is 1.50. The zero-order valence-corrected chi connectivity index (χ0v) is 7.38. The summed E-state index contributed by atoms with van der Waals surface area (Å²) in [4.78, 5) is 16.7. The number of hydrogen-bond acceptors (Lipinski definition) is 5. The molecule has 6 heteroatoms. The van der Waals surface area contributed by atoms with Crippen LogP contribution in [0.2, 0.25) is 0 Å². The van der Waals surface area contributed by atoms with E-state index in [1.165, 1.54) is 0 Å². The van der Waals surface area contributed by atoms with Gasteiger partial charge in [0.25, 0.3) is 0 Å². The lowest BCUT2D eigenvalue weighted by molar-refractivity contribution is 0.299. The predicted octanol–water partition coefficient (Wildman–Crippen LogP) is 0.562. The zero-order chi connectivity index (χ0) is 8.99. The van der Waals surface area contributed by atoms with Crippen LogP contribution >= 0.6 is 22.6 Å². The first-order valence-corrected chi connectivity index (χ1v) is 3.21. The van der Waals surface area contributed by atoms with Gasteiger partial charge in [-0.2, -0.15) is 0 Å². The predicted molar refractivity (Wildman–Crippen MR) is 42.5 cm³/mol. The van der Waals surface area contributed by atoms with E-state index >= 15 is 0 Å². The molecule has 0 heterocycles. The Morgan fingerprint density at radius 3 is 1.40 bits per heavy atom. The summed E-state index contributed by atoms with van der Waals surface area (Å²) < 4.78 is -0.197. The molecule has 0 radical (unpaired) electrons. The molecule has 0 aromatic rings. The summed E-state index contributed by atoms with van der Waals surface area (Å²) in [7, 11) is 0. The summed E-state index contributed by atoms with van der Waals surface area (Å²) in [6.45, 7) is 1.71. The van der Waals surface area contributed by atoms with Crippen LogP contribution in [0.1, 0.15) is 6.92 Å². The topological polar surface area (TPSA) is 102 Å². The minimum atomic E-state index is -0.197. The second-order valence-corrected chi connectivity index (χ2v) is 2.58. The van der Waals surface area contributed by atoms with E-state index in [0.717, 1.165) is 12.2 Å². The van der Waals surface area contributed by atoms with Gasteiger partial charge >= 0.3 is 0 Å². The molecule has 0 aromatic carbocycles. The van der Waals surface area contributed by atoms with Crippen LogP contribution in [0.4, 0.5) is 0 Å². The van der Waals surface area contributed by atoms with Crippen LogP contribution in [0.5, 0.6) is 0 Å². The van der Waals surface area contributed by atoms with Gasteiger partial charge in [0, 0.05) is 0 Å². The van der Waals surface area contributed by atoms with Crippen molar-refractivity contribution < 1.29 is 14.7 Å². The number of rotatable bonds is 0. The molecule has 5 nitrogen and oxygen atoms in total. The summed E-state index contributed by atoms with van der Waals surface area (Å²) in [5.41, 5.74) is 0. The highest BCUT2D eigenvalue weighted by molar-refractivity contribution is 14.1. The van der Waals surface area contributed by atoms with Crippen molar-refractivity contribution in [3.63, 3.8) is 0 Å². The molecule has 0 bridgehead atoms. The van der Waals surface area contributed by atoms with Gasteiger partial charge in [0.2, 0.25) is 12.2 Å². The van der Waals surface area contributed by atoms with E-state index in [4.69, 9.17) is 25.5 Å². The molecule has 0 amide bonds. The summed E-state index contributed by atoms with van der Waals surface area (Å²) in [6, 6.07) is 0. The first kappa shape index (κ1) is 16.2. The quantitative estimate of drug-likeness (QED) is 0.256. The van der Waals surface area contributed by atoms with Gasteiger partial charge in [-0.25, -0.2) is 20.4 Å². The summed E-state index contributed by atoms with van der Waals surface area (Å²) >= 11 is 1.90. The molecule has 0 aliphatic carbocycles. The van der Waals surface area contributed by atoms with Crippen LogP contribution in [0.15, 0.2) is 0 Å². The number of aliphatic hydroxyl groups excluding tert-OH is 1. The maximum Gasteiger partial charge on any atom is 0.231 e. The Labute approximate surface area is 71.6 Å². The van der Waals surface area contributed by atoms with Crippen molar-refractivity contribution in [2.24, 2.45) is 0 Å². The third kappa shape index (κ3) is 1020. The lowest BCUT2D eigenvalue weighted by atomic mass is 10.9. The Kier molecular flexibility index (Phi) is 38.4. The van der Waals surface area contributed by atoms with E-state index in [2.05, 4.69) is 0 Å². The third-order valence-corrected chi connectivity index (χ3v) is 0. The maximum absolute atomic E-state index is 8.35. The largest absolute Gasteiger partial charge is 0.383 e. The Bertz CT molecular complexity index is 98.9. The first-order valence-electron chi connectivity index (χ1n) is 1.96. The van der Waals surface area contributed by atoms with Gasteiger partial charge in [0.15, 0.2) is 0 Å². The van der Waals surface area contributed by atoms with Crippen LogP contribution in [-0.2, 0) is 9.59 Å². The molecule has 0 saturated heterocycles. The van der Waals surface area contributed by atoms with Gasteiger partial charge in [0.05, 0.1) is 0 Å². The molecule has 0 aliphatic rings. The zero-order valence-electron chi connectivity index (χ0n) is 5.22.